The Kier molecular flexibility index (Phi) is 3.27. The monoisotopic (exact) mass is 337 g/mol. The maximum absolute atomic E-state index is 13.3. The van der Waals surface area contributed by atoms with E-state index in [1.54, 1.807) is 18.3 Å². The smallest absolute Gasteiger partial charge is 0.322 e. The molecule has 5 rings (SSSR count). The van der Waals surface area contributed by atoms with Gasteiger partial charge in [0.15, 0.2) is 5.58 Å². The molecule has 25 heavy (non-hydrogen) atoms. The Morgan fingerprint density at radius 3 is 2.56 bits per heavy atom. The summed E-state index contributed by atoms with van der Waals surface area (Å²) in [5.74, 6) is 0.105. The molecule has 1 aliphatic rings. The van der Waals surface area contributed by atoms with Gasteiger partial charge in [0.25, 0.3) is 0 Å². The van der Waals surface area contributed by atoms with Crippen molar-refractivity contribution in [2.75, 3.05) is 13.1 Å². The number of rotatable bonds is 3. The van der Waals surface area contributed by atoms with Gasteiger partial charge in [-0.1, -0.05) is 0 Å². The van der Waals surface area contributed by atoms with Gasteiger partial charge < -0.3 is 14.3 Å². The standard InChI is InChI=1S/C18H16FN5O/c19-12-3-1-11(2-4-12)15-17(16-14-9-21-18(23-16)25-14)24(10-22-15)13-5-7-20-8-6-13/h1-4,9-10,13,20H,5-8H2. The summed E-state index contributed by atoms with van der Waals surface area (Å²) >= 11 is 0. The minimum Gasteiger partial charge on any atom is -0.420 e. The molecule has 6 nitrogen and oxygen atoms in total. The summed E-state index contributed by atoms with van der Waals surface area (Å²) in [6.45, 7) is 1.96. The number of nitrogens with one attached hydrogen (secondary N) is 1. The second-order valence-corrected chi connectivity index (χ2v) is 6.30. The summed E-state index contributed by atoms with van der Waals surface area (Å²) in [6, 6.07) is 6.74. The second kappa shape index (κ2) is 5.63. The molecule has 126 valence electrons. The van der Waals surface area contributed by atoms with Gasteiger partial charge in [0.1, 0.15) is 11.5 Å². The number of benzene rings is 1. The van der Waals surface area contributed by atoms with Gasteiger partial charge in [-0.05, 0) is 50.2 Å². The fraction of sp³-hybridized carbons (Fsp3) is 0.278. The minimum absolute atomic E-state index is 0.263. The first kappa shape index (κ1) is 14.5. The first-order chi connectivity index (χ1) is 12.3. The molecule has 7 heteroatoms. The number of halogens is 1. The summed E-state index contributed by atoms with van der Waals surface area (Å²) in [6.07, 6.45) is 5.60. The van der Waals surface area contributed by atoms with Crippen LogP contribution in [0.1, 0.15) is 18.9 Å². The van der Waals surface area contributed by atoms with Gasteiger partial charge in [0.05, 0.1) is 23.9 Å². The highest BCUT2D eigenvalue weighted by molar-refractivity contribution is 5.85. The quantitative estimate of drug-likeness (QED) is 0.621. The van der Waals surface area contributed by atoms with Crippen molar-refractivity contribution in [3.8, 4) is 22.6 Å². The Balaban J connectivity index is 1.69. The van der Waals surface area contributed by atoms with Crippen LogP contribution in [0.4, 0.5) is 4.39 Å². The Morgan fingerprint density at radius 2 is 1.88 bits per heavy atom. The summed E-state index contributed by atoms with van der Waals surface area (Å²) in [5.41, 5.74) is 3.95. The molecule has 0 amide bonds. The molecule has 1 N–H and O–H groups in total. The zero-order chi connectivity index (χ0) is 16.8. The van der Waals surface area contributed by atoms with Crippen molar-refractivity contribution in [2.45, 2.75) is 18.9 Å². The lowest BCUT2D eigenvalue weighted by Gasteiger charge is -2.25. The van der Waals surface area contributed by atoms with E-state index in [9.17, 15) is 4.39 Å². The van der Waals surface area contributed by atoms with E-state index in [-0.39, 0.29) is 5.82 Å². The Hall–Kier alpha value is -2.80. The van der Waals surface area contributed by atoms with E-state index in [4.69, 9.17) is 4.42 Å². The molecule has 2 bridgehead atoms. The van der Waals surface area contributed by atoms with Gasteiger partial charge in [-0.3, -0.25) is 0 Å². The molecule has 1 aromatic carbocycles. The molecule has 0 radical (unpaired) electrons. The maximum atomic E-state index is 13.3. The molecular formula is C18H16FN5O. The summed E-state index contributed by atoms with van der Waals surface area (Å²) in [4.78, 5) is 13.2. The van der Waals surface area contributed by atoms with E-state index in [0.29, 0.717) is 17.5 Å². The lowest BCUT2D eigenvalue weighted by molar-refractivity contribution is 0.370. The summed E-state index contributed by atoms with van der Waals surface area (Å²) < 4.78 is 21.1. The molecular weight excluding hydrogens is 321 g/mol. The Morgan fingerprint density at radius 1 is 1.08 bits per heavy atom. The minimum atomic E-state index is -0.263. The normalized spacial score (nSPS) is 16.0. The van der Waals surface area contributed by atoms with Crippen LogP contribution in [0.25, 0.3) is 34.1 Å². The number of fused-ring (bicyclic) bond motifs is 2. The van der Waals surface area contributed by atoms with E-state index in [0.717, 1.165) is 48.6 Å². The van der Waals surface area contributed by atoms with Crippen LogP contribution in [0.3, 0.4) is 0 Å². The van der Waals surface area contributed by atoms with Crippen LogP contribution in [0.5, 0.6) is 0 Å². The number of oxazole rings is 2. The van der Waals surface area contributed by atoms with Crippen molar-refractivity contribution in [3.05, 3.63) is 42.6 Å². The second-order valence-electron chi connectivity index (χ2n) is 6.30. The topological polar surface area (TPSA) is 68.8 Å². The van der Waals surface area contributed by atoms with Crippen molar-refractivity contribution >= 4 is 11.4 Å². The number of imidazole rings is 1. The van der Waals surface area contributed by atoms with E-state index in [2.05, 4.69) is 24.8 Å². The first-order valence-corrected chi connectivity index (χ1v) is 8.38. The van der Waals surface area contributed by atoms with Gasteiger partial charge in [0, 0.05) is 11.6 Å². The van der Waals surface area contributed by atoms with Crippen LogP contribution in [0, 0.1) is 5.82 Å². The van der Waals surface area contributed by atoms with Crippen molar-refractivity contribution in [1.29, 1.82) is 0 Å². The predicted octanol–water partition coefficient (Wildman–Crippen LogP) is 3.25. The first-order valence-electron chi connectivity index (χ1n) is 8.38. The van der Waals surface area contributed by atoms with Crippen molar-refractivity contribution in [3.63, 3.8) is 0 Å². The highest BCUT2D eigenvalue weighted by atomic mass is 19.1. The van der Waals surface area contributed by atoms with Crippen molar-refractivity contribution in [1.82, 2.24) is 24.8 Å². The van der Waals surface area contributed by atoms with Gasteiger partial charge in [0.2, 0.25) is 0 Å². The number of hydrogen-bond donors (Lipinski definition) is 1. The average Bonchev–Trinajstić information content (AvgIpc) is 3.38. The number of nitrogens with zero attached hydrogens (tertiary/aromatic N) is 4. The highest BCUT2D eigenvalue weighted by Gasteiger charge is 2.26. The highest BCUT2D eigenvalue weighted by Crippen LogP contribution is 2.37. The number of piperidine rings is 1. The van der Waals surface area contributed by atoms with Crippen LogP contribution in [0.2, 0.25) is 0 Å². The van der Waals surface area contributed by atoms with Gasteiger partial charge >= 0.3 is 5.84 Å². The maximum Gasteiger partial charge on any atom is 0.322 e. The Bertz CT molecular complexity index is 1000. The average molecular weight is 337 g/mol. The molecule has 1 fully saturated rings. The fourth-order valence-electron chi connectivity index (χ4n) is 3.52. The fourth-order valence-corrected chi connectivity index (χ4v) is 3.52. The zero-order valence-electron chi connectivity index (χ0n) is 13.4. The largest absolute Gasteiger partial charge is 0.420 e. The van der Waals surface area contributed by atoms with Crippen molar-refractivity contribution in [2.24, 2.45) is 0 Å². The molecule has 1 aliphatic heterocycles. The van der Waals surface area contributed by atoms with Crippen molar-refractivity contribution < 1.29 is 8.81 Å². The molecule has 0 unspecified atom stereocenters. The summed E-state index contributed by atoms with van der Waals surface area (Å²) in [5, 5.41) is 3.38. The van der Waals surface area contributed by atoms with Gasteiger partial charge in [-0.25, -0.2) is 9.37 Å². The molecule has 4 heterocycles. The molecule has 4 aromatic rings. The third-order valence-electron chi connectivity index (χ3n) is 4.77. The third kappa shape index (κ3) is 2.39. The lowest BCUT2D eigenvalue weighted by Crippen LogP contribution is -2.29. The molecule has 3 aromatic heterocycles. The van der Waals surface area contributed by atoms with E-state index >= 15 is 0 Å². The third-order valence-corrected chi connectivity index (χ3v) is 4.77. The van der Waals surface area contributed by atoms with E-state index < -0.39 is 0 Å². The lowest BCUT2D eigenvalue weighted by atomic mass is 10.0. The van der Waals surface area contributed by atoms with Crippen LogP contribution in [0.15, 0.2) is 41.2 Å². The molecule has 0 saturated carbocycles. The molecule has 0 spiro atoms. The van der Waals surface area contributed by atoms with E-state index in [1.165, 1.54) is 12.1 Å². The van der Waals surface area contributed by atoms with E-state index in [1.807, 2.05) is 6.33 Å². The van der Waals surface area contributed by atoms with Gasteiger partial charge in [-0.15, -0.1) is 0 Å². The predicted molar refractivity (Wildman–Crippen MR) is 90.7 cm³/mol. The van der Waals surface area contributed by atoms with Crippen LogP contribution >= 0.6 is 0 Å². The Labute approximate surface area is 143 Å². The molecule has 1 saturated heterocycles. The van der Waals surface area contributed by atoms with Crippen LogP contribution in [-0.4, -0.2) is 32.6 Å². The molecule has 0 aliphatic carbocycles. The van der Waals surface area contributed by atoms with Crippen LogP contribution in [-0.2, 0) is 0 Å². The number of aromatic nitrogens is 4. The van der Waals surface area contributed by atoms with Crippen LogP contribution < -0.4 is 5.32 Å². The summed E-state index contributed by atoms with van der Waals surface area (Å²) in [7, 11) is 0. The number of hydrogen-bond acceptors (Lipinski definition) is 5. The van der Waals surface area contributed by atoms with Gasteiger partial charge in [-0.2, -0.15) is 9.97 Å². The SMILES string of the molecule is Fc1ccc(-c2ncn(C3CCNCC3)c2-c2nc3ncc2o3)cc1. The molecule has 0 atom stereocenters. The zero-order valence-corrected chi connectivity index (χ0v) is 13.4.